The molecule has 2 aromatic heterocycles. The summed E-state index contributed by atoms with van der Waals surface area (Å²) in [5, 5.41) is 12.1. The van der Waals surface area contributed by atoms with Crippen LogP contribution in [-0.2, 0) is 5.60 Å². The van der Waals surface area contributed by atoms with E-state index in [4.69, 9.17) is 5.73 Å². The average Bonchev–Trinajstić information content (AvgIpc) is 3.09. The lowest BCUT2D eigenvalue weighted by Gasteiger charge is -2.28. The summed E-state index contributed by atoms with van der Waals surface area (Å²) in [5.74, 6) is -0.304. The molecule has 1 saturated carbocycles. The Morgan fingerprint density at radius 1 is 1.15 bits per heavy atom. The van der Waals surface area contributed by atoms with Gasteiger partial charge in [0, 0.05) is 22.7 Å². The molecule has 0 radical (unpaired) electrons. The number of halogens is 1. The van der Waals surface area contributed by atoms with E-state index in [1.165, 1.54) is 0 Å². The van der Waals surface area contributed by atoms with Crippen LogP contribution in [0.15, 0.2) is 30.6 Å². The Balaban J connectivity index is 1.96. The highest BCUT2D eigenvalue weighted by Crippen LogP contribution is 2.43. The molecule has 0 aliphatic heterocycles. The topological polar surface area (TPSA) is 84.9 Å². The van der Waals surface area contributed by atoms with Crippen molar-refractivity contribution in [2.75, 3.05) is 5.73 Å². The van der Waals surface area contributed by atoms with Crippen molar-refractivity contribution in [1.29, 1.82) is 0 Å². The van der Waals surface area contributed by atoms with Gasteiger partial charge in [0.25, 0.3) is 0 Å². The molecule has 1 aliphatic carbocycles. The summed E-state index contributed by atoms with van der Waals surface area (Å²) in [6, 6.07) is 5.54. The zero-order chi connectivity index (χ0) is 19.2. The molecule has 1 fully saturated rings. The number of nitrogens with zero attached hydrogens (tertiary/aromatic N) is 3. The van der Waals surface area contributed by atoms with E-state index < -0.39 is 11.4 Å². The number of anilines is 1. The summed E-state index contributed by atoms with van der Waals surface area (Å²) >= 11 is 0. The molecule has 5 nitrogen and oxygen atoms in total. The Labute approximate surface area is 157 Å². The molecular formula is C21H23FN4O. The third-order valence-corrected chi connectivity index (χ3v) is 5.46. The maximum Gasteiger partial charge on any atom is 0.220 e. The van der Waals surface area contributed by atoms with E-state index in [2.05, 4.69) is 28.8 Å². The van der Waals surface area contributed by atoms with E-state index >= 15 is 0 Å². The highest BCUT2D eigenvalue weighted by atomic mass is 19.1. The van der Waals surface area contributed by atoms with Gasteiger partial charge >= 0.3 is 0 Å². The highest BCUT2D eigenvalue weighted by Gasteiger charge is 2.36. The first-order valence-corrected chi connectivity index (χ1v) is 9.33. The number of fused-ring (bicyclic) bond motifs is 1. The SMILES string of the molecule is CC(C)c1c(C2(O)CCCC2)cnc2ccc(-c3nc(N)ncc3F)cc12. The van der Waals surface area contributed by atoms with Crippen molar-refractivity contribution in [3.8, 4) is 11.3 Å². The van der Waals surface area contributed by atoms with Gasteiger partial charge in [0.15, 0.2) is 5.82 Å². The van der Waals surface area contributed by atoms with Gasteiger partial charge in [-0.15, -0.1) is 0 Å². The molecular weight excluding hydrogens is 343 g/mol. The van der Waals surface area contributed by atoms with Gasteiger partial charge in [-0.25, -0.2) is 14.4 Å². The maximum absolute atomic E-state index is 14.3. The molecule has 0 spiro atoms. The maximum atomic E-state index is 14.3. The molecule has 3 aromatic rings. The van der Waals surface area contributed by atoms with Crippen LogP contribution >= 0.6 is 0 Å². The lowest BCUT2D eigenvalue weighted by Crippen LogP contribution is -2.23. The van der Waals surface area contributed by atoms with Crippen LogP contribution in [0.2, 0.25) is 0 Å². The summed E-state index contributed by atoms with van der Waals surface area (Å²) in [6.45, 7) is 4.21. The molecule has 6 heteroatoms. The lowest BCUT2D eigenvalue weighted by molar-refractivity contribution is 0.0432. The van der Waals surface area contributed by atoms with Gasteiger partial charge in [0.05, 0.1) is 17.3 Å². The molecule has 1 aliphatic rings. The van der Waals surface area contributed by atoms with E-state index in [-0.39, 0.29) is 17.6 Å². The number of benzene rings is 1. The number of nitrogen functional groups attached to an aromatic ring is 1. The summed E-state index contributed by atoms with van der Waals surface area (Å²) < 4.78 is 14.3. The van der Waals surface area contributed by atoms with Crippen molar-refractivity contribution < 1.29 is 9.50 Å². The Bertz CT molecular complexity index is 1010. The lowest BCUT2D eigenvalue weighted by atomic mass is 9.83. The van der Waals surface area contributed by atoms with Crippen LogP contribution in [0.4, 0.5) is 10.3 Å². The Morgan fingerprint density at radius 3 is 2.59 bits per heavy atom. The molecule has 0 unspecified atom stereocenters. The largest absolute Gasteiger partial charge is 0.385 e. The van der Waals surface area contributed by atoms with Gasteiger partial charge in [0.2, 0.25) is 5.95 Å². The van der Waals surface area contributed by atoms with Gasteiger partial charge in [-0.2, -0.15) is 0 Å². The summed E-state index contributed by atoms with van der Waals surface area (Å²) in [4.78, 5) is 12.3. The van der Waals surface area contributed by atoms with Crippen LogP contribution in [0.1, 0.15) is 56.6 Å². The minimum atomic E-state index is -0.832. The first-order chi connectivity index (χ1) is 12.9. The minimum Gasteiger partial charge on any atom is -0.385 e. The van der Waals surface area contributed by atoms with E-state index in [0.717, 1.165) is 53.9 Å². The molecule has 0 bridgehead atoms. The number of aliphatic hydroxyl groups is 1. The van der Waals surface area contributed by atoms with Crippen LogP contribution in [0, 0.1) is 5.82 Å². The van der Waals surface area contributed by atoms with E-state index in [1.54, 1.807) is 6.07 Å². The van der Waals surface area contributed by atoms with Crippen LogP contribution in [0.3, 0.4) is 0 Å². The molecule has 27 heavy (non-hydrogen) atoms. The quantitative estimate of drug-likeness (QED) is 0.722. The van der Waals surface area contributed by atoms with E-state index in [0.29, 0.717) is 5.56 Å². The molecule has 3 N–H and O–H groups in total. The first kappa shape index (κ1) is 17.8. The molecule has 0 atom stereocenters. The fourth-order valence-electron chi connectivity index (χ4n) is 4.17. The monoisotopic (exact) mass is 366 g/mol. The van der Waals surface area contributed by atoms with Crippen LogP contribution in [-0.4, -0.2) is 20.1 Å². The molecule has 2 heterocycles. The predicted octanol–water partition coefficient (Wildman–Crippen LogP) is 4.30. The third kappa shape index (κ3) is 3.04. The van der Waals surface area contributed by atoms with Crippen molar-refractivity contribution >= 4 is 16.9 Å². The fraction of sp³-hybridized carbons (Fsp3) is 0.381. The Kier molecular flexibility index (Phi) is 4.30. The fourth-order valence-corrected chi connectivity index (χ4v) is 4.17. The van der Waals surface area contributed by atoms with Gasteiger partial charge < -0.3 is 10.8 Å². The van der Waals surface area contributed by atoms with E-state index in [1.807, 2.05) is 18.3 Å². The predicted molar refractivity (Wildman–Crippen MR) is 104 cm³/mol. The van der Waals surface area contributed by atoms with Crippen molar-refractivity contribution in [2.24, 2.45) is 0 Å². The summed E-state index contributed by atoms with van der Waals surface area (Å²) in [7, 11) is 0. The van der Waals surface area contributed by atoms with Crippen molar-refractivity contribution in [3.63, 3.8) is 0 Å². The van der Waals surface area contributed by atoms with E-state index in [9.17, 15) is 9.50 Å². The average molecular weight is 366 g/mol. The second-order valence-electron chi connectivity index (χ2n) is 7.64. The van der Waals surface area contributed by atoms with Crippen LogP contribution < -0.4 is 5.73 Å². The van der Waals surface area contributed by atoms with Crippen LogP contribution in [0.5, 0.6) is 0 Å². The minimum absolute atomic E-state index is 0.0303. The molecule has 0 saturated heterocycles. The molecule has 140 valence electrons. The normalized spacial score (nSPS) is 16.3. The second-order valence-corrected chi connectivity index (χ2v) is 7.64. The summed E-state index contributed by atoms with van der Waals surface area (Å²) in [5.41, 5.74) is 8.37. The molecule has 0 amide bonds. The van der Waals surface area contributed by atoms with Crippen molar-refractivity contribution in [3.05, 3.63) is 47.5 Å². The number of hydrogen-bond acceptors (Lipinski definition) is 5. The standard InChI is InChI=1S/C21H23FN4O/c1-12(2)18-14-9-13(19-16(22)11-25-20(23)26-19)5-6-17(14)24-10-15(18)21(27)7-3-4-8-21/h5-6,9-12,27H,3-4,7-8H2,1-2H3,(H2,23,25,26). The number of rotatable bonds is 3. The van der Waals surface area contributed by atoms with Gasteiger partial charge in [-0.05, 0) is 36.5 Å². The van der Waals surface area contributed by atoms with Crippen molar-refractivity contribution in [2.45, 2.75) is 51.0 Å². The number of nitrogens with two attached hydrogens (primary N) is 1. The third-order valence-electron chi connectivity index (χ3n) is 5.46. The second kappa shape index (κ2) is 6.53. The Morgan fingerprint density at radius 2 is 1.89 bits per heavy atom. The molecule has 1 aromatic carbocycles. The smallest absolute Gasteiger partial charge is 0.220 e. The first-order valence-electron chi connectivity index (χ1n) is 9.33. The summed E-state index contributed by atoms with van der Waals surface area (Å²) in [6.07, 6.45) is 6.41. The van der Waals surface area contributed by atoms with Gasteiger partial charge in [0.1, 0.15) is 5.69 Å². The van der Waals surface area contributed by atoms with Crippen molar-refractivity contribution in [1.82, 2.24) is 15.0 Å². The van der Waals surface area contributed by atoms with Crippen LogP contribution in [0.25, 0.3) is 22.2 Å². The number of aromatic nitrogens is 3. The molecule has 4 rings (SSSR count). The Hall–Kier alpha value is -2.60. The zero-order valence-corrected chi connectivity index (χ0v) is 15.5. The number of hydrogen-bond donors (Lipinski definition) is 2. The highest BCUT2D eigenvalue weighted by molar-refractivity contribution is 5.88. The van der Waals surface area contributed by atoms with Gasteiger partial charge in [-0.1, -0.05) is 32.8 Å². The van der Waals surface area contributed by atoms with Gasteiger partial charge in [-0.3, -0.25) is 4.98 Å². The zero-order valence-electron chi connectivity index (χ0n) is 15.5. The number of pyridine rings is 1.